The number of aliphatic hydroxyl groups is 1. The SMILES string of the molecule is CCOCC(O)COc1ccc(CNC)cc1C(F)(F)F. The van der Waals surface area contributed by atoms with E-state index in [1.165, 1.54) is 6.07 Å². The maximum atomic E-state index is 13.0. The van der Waals surface area contributed by atoms with Crippen molar-refractivity contribution in [1.29, 1.82) is 0 Å². The van der Waals surface area contributed by atoms with Gasteiger partial charge in [-0.25, -0.2) is 0 Å². The molecule has 1 unspecified atom stereocenters. The zero-order valence-electron chi connectivity index (χ0n) is 12.0. The zero-order chi connectivity index (χ0) is 15.9. The molecule has 0 aliphatic heterocycles. The van der Waals surface area contributed by atoms with Crippen molar-refractivity contribution < 1.29 is 27.8 Å². The van der Waals surface area contributed by atoms with Gasteiger partial charge < -0.3 is 19.9 Å². The fourth-order valence-electron chi connectivity index (χ4n) is 1.73. The number of ether oxygens (including phenoxy) is 2. The first-order valence-electron chi connectivity index (χ1n) is 6.61. The molecule has 1 atom stereocenters. The lowest BCUT2D eigenvalue weighted by atomic mass is 10.1. The van der Waals surface area contributed by atoms with Crippen molar-refractivity contribution in [2.45, 2.75) is 25.7 Å². The Balaban J connectivity index is 2.81. The van der Waals surface area contributed by atoms with Gasteiger partial charge in [0, 0.05) is 13.2 Å². The second-order valence-corrected chi connectivity index (χ2v) is 4.48. The normalized spacial score (nSPS) is 13.2. The molecule has 0 saturated carbocycles. The van der Waals surface area contributed by atoms with Gasteiger partial charge >= 0.3 is 6.18 Å². The van der Waals surface area contributed by atoms with Crippen LogP contribution in [0.15, 0.2) is 18.2 Å². The molecule has 1 rings (SSSR count). The lowest BCUT2D eigenvalue weighted by Gasteiger charge is -2.17. The van der Waals surface area contributed by atoms with E-state index in [-0.39, 0.29) is 19.0 Å². The topological polar surface area (TPSA) is 50.7 Å². The molecule has 0 radical (unpaired) electrons. The molecule has 2 N–H and O–H groups in total. The molecule has 7 heteroatoms. The van der Waals surface area contributed by atoms with E-state index >= 15 is 0 Å². The molecule has 1 aromatic carbocycles. The average Bonchev–Trinajstić information content (AvgIpc) is 2.43. The van der Waals surface area contributed by atoms with Crippen LogP contribution in [0.2, 0.25) is 0 Å². The highest BCUT2D eigenvalue weighted by Crippen LogP contribution is 2.36. The molecular weight excluding hydrogens is 287 g/mol. The number of aliphatic hydroxyl groups excluding tert-OH is 1. The Bertz CT molecular complexity index is 438. The van der Waals surface area contributed by atoms with Crippen LogP contribution in [0.3, 0.4) is 0 Å². The smallest absolute Gasteiger partial charge is 0.419 e. The van der Waals surface area contributed by atoms with Gasteiger partial charge in [-0.15, -0.1) is 0 Å². The van der Waals surface area contributed by atoms with Crippen molar-refractivity contribution in [2.75, 3.05) is 26.9 Å². The number of alkyl halides is 3. The third kappa shape index (κ3) is 5.91. The second-order valence-electron chi connectivity index (χ2n) is 4.48. The minimum Gasteiger partial charge on any atom is -0.490 e. The van der Waals surface area contributed by atoms with Crippen molar-refractivity contribution in [3.05, 3.63) is 29.3 Å². The molecule has 0 aromatic heterocycles. The zero-order valence-corrected chi connectivity index (χ0v) is 12.0. The predicted molar refractivity (Wildman–Crippen MR) is 72.2 cm³/mol. The molecule has 0 spiro atoms. The van der Waals surface area contributed by atoms with E-state index in [0.717, 1.165) is 6.07 Å². The molecule has 0 bridgehead atoms. The summed E-state index contributed by atoms with van der Waals surface area (Å²) in [6, 6.07) is 3.86. The molecule has 1 aromatic rings. The first-order chi connectivity index (χ1) is 9.88. The van der Waals surface area contributed by atoms with Crippen molar-refractivity contribution in [2.24, 2.45) is 0 Å². The Labute approximate surface area is 121 Å². The van der Waals surface area contributed by atoms with Crippen LogP contribution in [0.25, 0.3) is 0 Å². The molecule has 21 heavy (non-hydrogen) atoms. The Morgan fingerprint density at radius 1 is 1.29 bits per heavy atom. The van der Waals surface area contributed by atoms with Gasteiger partial charge in [0.1, 0.15) is 18.5 Å². The fourth-order valence-corrected chi connectivity index (χ4v) is 1.73. The monoisotopic (exact) mass is 307 g/mol. The van der Waals surface area contributed by atoms with Gasteiger partial charge in [0.2, 0.25) is 0 Å². The van der Waals surface area contributed by atoms with E-state index in [2.05, 4.69) is 5.32 Å². The first-order valence-corrected chi connectivity index (χ1v) is 6.61. The van der Waals surface area contributed by atoms with Crippen LogP contribution < -0.4 is 10.1 Å². The van der Waals surface area contributed by atoms with E-state index in [1.807, 2.05) is 0 Å². The maximum absolute atomic E-state index is 13.0. The van der Waals surface area contributed by atoms with Crippen molar-refractivity contribution in [3.8, 4) is 5.75 Å². The molecule has 120 valence electrons. The van der Waals surface area contributed by atoms with E-state index in [9.17, 15) is 18.3 Å². The van der Waals surface area contributed by atoms with Gasteiger partial charge in [-0.05, 0) is 31.7 Å². The molecule has 0 amide bonds. The van der Waals surface area contributed by atoms with Gasteiger partial charge in [0.05, 0.1) is 12.2 Å². The van der Waals surface area contributed by atoms with Crippen LogP contribution >= 0.6 is 0 Å². The average molecular weight is 307 g/mol. The Morgan fingerprint density at radius 3 is 2.57 bits per heavy atom. The summed E-state index contributed by atoms with van der Waals surface area (Å²) in [4.78, 5) is 0. The Kier molecular flexibility index (Phi) is 6.94. The molecule has 0 aliphatic rings. The number of hydrogen-bond donors (Lipinski definition) is 2. The highest BCUT2D eigenvalue weighted by molar-refractivity contribution is 5.39. The summed E-state index contributed by atoms with van der Waals surface area (Å²) < 4.78 is 49.1. The van der Waals surface area contributed by atoms with E-state index in [0.29, 0.717) is 18.7 Å². The summed E-state index contributed by atoms with van der Waals surface area (Å²) in [6.45, 7) is 2.28. The molecular formula is C14H20F3NO3. The number of benzene rings is 1. The summed E-state index contributed by atoms with van der Waals surface area (Å²) in [5.41, 5.74) is -0.342. The highest BCUT2D eigenvalue weighted by Gasteiger charge is 2.34. The third-order valence-corrected chi connectivity index (χ3v) is 2.68. The van der Waals surface area contributed by atoms with Crippen LogP contribution in [0.1, 0.15) is 18.1 Å². The predicted octanol–water partition coefficient (Wildman–Crippen LogP) is 2.20. The van der Waals surface area contributed by atoms with Crippen LogP contribution in [0.5, 0.6) is 5.75 Å². The molecule has 0 fully saturated rings. The van der Waals surface area contributed by atoms with Gasteiger partial charge in [0.25, 0.3) is 0 Å². The molecule has 0 saturated heterocycles. The lowest BCUT2D eigenvalue weighted by Crippen LogP contribution is -2.24. The quantitative estimate of drug-likeness (QED) is 0.773. The van der Waals surface area contributed by atoms with Crippen molar-refractivity contribution in [3.63, 3.8) is 0 Å². The van der Waals surface area contributed by atoms with Gasteiger partial charge in [-0.1, -0.05) is 6.07 Å². The lowest BCUT2D eigenvalue weighted by molar-refractivity contribution is -0.139. The molecule has 0 heterocycles. The van der Waals surface area contributed by atoms with Gasteiger partial charge in [0.15, 0.2) is 0 Å². The minimum atomic E-state index is -4.51. The van der Waals surface area contributed by atoms with E-state index < -0.39 is 17.8 Å². The standard InChI is InChI=1S/C14H20F3NO3/c1-3-20-8-11(19)9-21-13-5-4-10(7-18-2)6-12(13)14(15,16)17/h4-6,11,18-19H,3,7-9H2,1-2H3. The highest BCUT2D eigenvalue weighted by atomic mass is 19.4. The number of hydrogen-bond acceptors (Lipinski definition) is 4. The fraction of sp³-hybridized carbons (Fsp3) is 0.571. The third-order valence-electron chi connectivity index (χ3n) is 2.68. The van der Waals surface area contributed by atoms with Gasteiger partial charge in [-0.3, -0.25) is 0 Å². The summed E-state index contributed by atoms with van der Waals surface area (Å²) in [7, 11) is 1.65. The largest absolute Gasteiger partial charge is 0.490 e. The summed E-state index contributed by atoms with van der Waals surface area (Å²) >= 11 is 0. The van der Waals surface area contributed by atoms with E-state index in [4.69, 9.17) is 9.47 Å². The maximum Gasteiger partial charge on any atom is 0.419 e. The number of rotatable bonds is 8. The first kappa shape index (κ1) is 17.7. The second kappa shape index (κ2) is 8.21. The van der Waals surface area contributed by atoms with Crippen LogP contribution in [0.4, 0.5) is 13.2 Å². The van der Waals surface area contributed by atoms with Gasteiger partial charge in [-0.2, -0.15) is 13.2 Å². The summed E-state index contributed by atoms with van der Waals surface area (Å²) in [5, 5.41) is 12.3. The molecule has 4 nitrogen and oxygen atoms in total. The molecule has 0 aliphatic carbocycles. The summed E-state index contributed by atoms with van der Waals surface area (Å²) in [6.07, 6.45) is -5.48. The van der Waals surface area contributed by atoms with Crippen LogP contribution in [0, 0.1) is 0 Å². The Morgan fingerprint density at radius 2 is 2.00 bits per heavy atom. The summed E-state index contributed by atoms with van der Waals surface area (Å²) in [5.74, 6) is -0.294. The number of halogens is 3. The number of nitrogens with one attached hydrogen (secondary N) is 1. The Hall–Kier alpha value is -1.31. The van der Waals surface area contributed by atoms with E-state index in [1.54, 1.807) is 20.0 Å². The minimum absolute atomic E-state index is 0.0235. The van der Waals surface area contributed by atoms with Crippen LogP contribution in [-0.4, -0.2) is 38.1 Å². The van der Waals surface area contributed by atoms with Crippen LogP contribution in [-0.2, 0) is 17.5 Å². The van der Waals surface area contributed by atoms with Crippen molar-refractivity contribution >= 4 is 0 Å². The van der Waals surface area contributed by atoms with Crippen molar-refractivity contribution in [1.82, 2.24) is 5.32 Å².